The first-order valence-corrected chi connectivity index (χ1v) is 5.75. The zero-order valence-corrected chi connectivity index (χ0v) is 11.1. The lowest BCUT2D eigenvalue weighted by Crippen LogP contribution is -2.24. The summed E-state index contributed by atoms with van der Waals surface area (Å²) < 4.78 is 40.3. The molecule has 0 radical (unpaired) electrons. The third kappa shape index (κ3) is 5.21. The van der Waals surface area contributed by atoms with Crippen molar-refractivity contribution in [1.82, 2.24) is 5.32 Å². The van der Waals surface area contributed by atoms with Crippen LogP contribution in [0.25, 0.3) is 0 Å². The molecular formula is C11H10BrF3N2O2. The van der Waals surface area contributed by atoms with E-state index in [1.54, 1.807) is 0 Å². The van der Waals surface area contributed by atoms with E-state index in [2.05, 4.69) is 32.6 Å². The summed E-state index contributed by atoms with van der Waals surface area (Å²) in [6.45, 7) is 3.72. The van der Waals surface area contributed by atoms with Crippen LogP contribution in [0.3, 0.4) is 0 Å². The monoisotopic (exact) mass is 338 g/mol. The van der Waals surface area contributed by atoms with E-state index in [4.69, 9.17) is 5.73 Å². The Hall–Kier alpha value is -1.70. The van der Waals surface area contributed by atoms with Gasteiger partial charge in [0.2, 0.25) is 0 Å². The molecule has 0 saturated carbocycles. The zero-order chi connectivity index (χ0) is 14.6. The van der Waals surface area contributed by atoms with Crippen molar-refractivity contribution in [3.05, 3.63) is 34.8 Å². The molecular weight excluding hydrogens is 329 g/mol. The minimum atomic E-state index is -4.83. The van der Waals surface area contributed by atoms with Crippen molar-refractivity contribution >= 4 is 27.5 Å². The molecule has 1 amide bonds. The fourth-order valence-corrected chi connectivity index (χ4v) is 1.33. The fraction of sp³-hybridized carbons (Fsp3) is 0.182. The predicted molar refractivity (Wildman–Crippen MR) is 67.9 cm³/mol. The highest BCUT2D eigenvalue weighted by Crippen LogP contribution is 2.28. The van der Waals surface area contributed by atoms with Crippen LogP contribution in [0, 0.1) is 0 Å². The Bertz CT molecular complexity index is 503. The van der Waals surface area contributed by atoms with Crippen LogP contribution in [0.5, 0.6) is 5.75 Å². The van der Waals surface area contributed by atoms with E-state index in [9.17, 15) is 18.0 Å². The number of amides is 1. The summed E-state index contributed by atoms with van der Waals surface area (Å²) in [5.41, 5.74) is 5.24. The second kappa shape index (κ2) is 5.96. The number of benzene rings is 1. The lowest BCUT2D eigenvalue weighted by molar-refractivity contribution is -0.274. The van der Waals surface area contributed by atoms with Crippen LogP contribution >= 0.6 is 15.9 Å². The molecule has 8 heteroatoms. The van der Waals surface area contributed by atoms with Gasteiger partial charge >= 0.3 is 6.36 Å². The molecule has 1 rings (SSSR count). The zero-order valence-electron chi connectivity index (χ0n) is 9.55. The van der Waals surface area contributed by atoms with Crippen LogP contribution in [0.15, 0.2) is 29.3 Å². The molecule has 0 aromatic heterocycles. The van der Waals surface area contributed by atoms with Crippen molar-refractivity contribution in [3.63, 3.8) is 0 Å². The van der Waals surface area contributed by atoms with Gasteiger partial charge in [-0.2, -0.15) is 0 Å². The highest BCUT2D eigenvalue weighted by molar-refractivity contribution is 9.11. The Morgan fingerprint density at radius 3 is 2.58 bits per heavy atom. The topological polar surface area (TPSA) is 64.3 Å². The first-order valence-electron chi connectivity index (χ1n) is 4.96. The van der Waals surface area contributed by atoms with E-state index in [-0.39, 0.29) is 17.8 Å². The van der Waals surface area contributed by atoms with Crippen LogP contribution < -0.4 is 15.8 Å². The summed E-state index contributed by atoms with van der Waals surface area (Å²) in [5, 5.41) is 2.49. The number of anilines is 1. The van der Waals surface area contributed by atoms with Crippen molar-refractivity contribution < 1.29 is 22.7 Å². The highest BCUT2D eigenvalue weighted by Gasteiger charge is 2.32. The quantitative estimate of drug-likeness (QED) is 0.829. The molecule has 1 aromatic rings. The number of rotatable bonds is 4. The number of nitrogen functional groups attached to an aromatic ring is 1. The standard InChI is InChI=1S/C11H10BrF3N2O2/c1-6(12)5-17-10(18)7-2-3-9(8(16)4-7)19-11(13,14)15/h2-4H,1,5,16H2,(H,17,18). The van der Waals surface area contributed by atoms with Gasteiger partial charge in [-0.3, -0.25) is 4.79 Å². The second-order valence-electron chi connectivity index (χ2n) is 3.50. The van der Waals surface area contributed by atoms with Crippen molar-refractivity contribution in [2.75, 3.05) is 12.3 Å². The van der Waals surface area contributed by atoms with Gasteiger partial charge in [0.15, 0.2) is 5.75 Å². The number of nitrogens with two attached hydrogens (primary N) is 1. The van der Waals surface area contributed by atoms with Crippen LogP contribution in [0.4, 0.5) is 18.9 Å². The maximum Gasteiger partial charge on any atom is 0.573 e. The number of carbonyl (C=O) groups is 1. The molecule has 1 aromatic carbocycles. The number of ether oxygens (including phenoxy) is 1. The van der Waals surface area contributed by atoms with Gasteiger partial charge in [-0.15, -0.1) is 13.2 Å². The minimum absolute atomic E-state index is 0.126. The number of hydrogen-bond donors (Lipinski definition) is 2. The smallest absolute Gasteiger partial charge is 0.404 e. The Morgan fingerprint density at radius 1 is 1.47 bits per heavy atom. The SMILES string of the molecule is C=C(Br)CNC(=O)c1ccc(OC(F)(F)F)c(N)c1. The molecule has 0 fully saturated rings. The van der Waals surface area contributed by atoms with E-state index in [0.717, 1.165) is 12.1 Å². The molecule has 0 aliphatic rings. The molecule has 0 bridgehead atoms. The van der Waals surface area contributed by atoms with Gasteiger partial charge in [0, 0.05) is 16.6 Å². The van der Waals surface area contributed by atoms with Gasteiger partial charge in [0.05, 0.1) is 5.69 Å². The average Bonchev–Trinajstić information content (AvgIpc) is 2.27. The largest absolute Gasteiger partial charge is 0.573 e. The van der Waals surface area contributed by atoms with Gasteiger partial charge in [-0.1, -0.05) is 22.5 Å². The Kier molecular flexibility index (Phi) is 4.82. The van der Waals surface area contributed by atoms with E-state index in [1.165, 1.54) is 6.07 Å². The molecule has 0 aliphatic carbocycles. The molecule has 3 N–H and O–H groups in total. The molecule has 4 nitrogen and oxygen atoms in total. The van der Waals surface area contributed by atoms with Crippen LogP contribution in [0.1, 0.15) is 10.4 Å². The van der Waals surface area contributed by atoms with Crippen molar-refractivity contribution in [2.45, 2.75) is 6.36 Å². The van der Waals surface area contributed by atoms with E-state index in [1.807, 2.05) is 0 Å². The van der Waals surface area contributed by atoms with Gasteiger partial charge in [0.1, 0.15) is 0 Å². The molecule has 104 valence electrons. The van der Waals surface area contributed by atoms with Crippen molar-refractivity contribution in [3.8, 4) is 5.75 Å². The number of alkyl halides is 3. The minimum Gasteiger partial charge on any atom is -0.404 e. The fourth-order valence-electron chi connectivity index (χ4n) is 1.19. The Morgan fingerprint density at radius 2 is 2.11 bits per heavy atom. The summed E-state index contributed by atoms with van der Waals surface area (Å²) in [4.78, 5) is 11.6. The molecule has 0 heterocycles. The summed E-state index contributed by atoms with van der Waals surface area (Å²) in [6.07, 6.45) is -4.83. The van der Waals surface area contributed by atoms with Gasteiger partial charge < -0.3 is 15.8 Å². The molecule has 0 aliphatic heterocycles. The maximum atomic E-state index is 12.0. The summed E-state index contributed by atoms with van der Waals surface area (Å²) in [7, 11) is 0. The lowest BCUT2D eigenvalue weighted by Gasteiger charge is -2.12. The Labute approximate surface area is 115 Å². The second-order valence-corrected chi connectivity index (χ2v) is 4.62. The first-order chi connectivity index (χ1) is 8.69. The van der Waals surface area contributed by atoms with Crippen LogP contribution in [0.2, 0.25) is 0 Å². The van der Waals surface area contributed by atoms with Crippen molar-refractivity contribution in [2.24, 2.45) is 0 Å². The van der Waals surface area contributed by atoms with E-state index in [0.29, 0.717) is 4.48 Å². The third-order valence-corrected chi connectivity index (χ3v) is 2.22. The Balaban J connectivity index is 2.82. The van der Waals surface area contributed by atoms with Gasteiger partial charge in [-0.25, -0.2) is 0 Å². The number of halogens is 4. The van der Waals surface area contributed by atoms with Gasteiger partial charge in [0.25, 0.3) is 5.91 Å². The number of hydrogen-bond acceptors (Lipinski definition) is 3. The van der Waals surface area contributed by atoms with E-state index < -0.39 is 18.0 Å². The summed E-state index contributed by atoms with van der Waals surface area (Å²) in [6, 6.07) is 3.28. The lowest BCUT2D eigenvalue weighted by atomic mass is 10.2. The summed E-state index contributed by atoms with van der Waals surface area (Å²) in [5.74, 6) is -1.03. The predicted octanol–water partition coefficient (Wildman–Crippen LogP) is 2.81. The van der Waals surface area contributed by atoms with Crippen LogP contribution in [-0.4, -0.2) is 18.8 Å². The molecule has 0 atom stereocenters. The van der Waals surface area contributed by atoms with Gasteiger partial charge in [-0.05, 0) is 18.2 Å². The normalized spacial score (nSPS) is 10.9. The van der Waals surface area contributed by atoms with Crippen molar-refractivity contribution in [1.29, 1.82) is 0 Å². The molecule has 0 spiro atoms. The average molecular weight is 339 g/mol. The first kappa shape index (κ1) is 15.4. The molecule has 0 unspecified atom stereocenters. The van der Waals surface area contributed by atoms with Crippen LogP contribution in [-0.2, 0) is 0 Å². The number of carbonyl (C=O) groups excluding carboxylic acids is 1. The number of nitrogens with one attached hydrogen (secondary N) is 1. The summed E-state index contributed by atoms with van der Waals surface area (Å²) >= 11 is 3.06. The maximum absolute atomic E-state index is 12.0. The third-order valence-electron chi connectivity index (χ3n) is 1.94. The highest BCUT2D eigenvalue weighted by atomic mass is 79.9. The van der Waals surface area contributed by atoms with E-state index >= 15 is 0 Å². The molecule has 19 heavy (non-hydrogen) atoms. The molecule has 0 saturated heterocycles.